The minimum absolute atomic E-state index is 0.103. The van der Waals surface area contributed by atoms with Crippen LogP contribution in [0.5, 0.6) is 11.5 Å². The maximum absolute atomic E-state index is 13.4. The summed E-state index contributed by atoms with van der Waals surface area (Å²) in [5.74, 6) is 0.662. The first-order chi connectivity index (χ1) is 16.4. The van der Waals surface area contributed by atoms with Gasteiger partial charge < -0.3 is 24.3 Å². The van der Waals surface area contributed by atoms with E-state index >= 15 is 0 Å². The Kier molecular flexibility index (Phi) is 6.60. The summed E-state index contributed by atoms with van der Waals surface area (Å²) in [6.45, 7) is 3.46. The molecule has 0 unspecified atom stereocenters. The Morgan fingerprint density at radius 1 is 1.09 bits per heavy atom. The van der Waals surface area contributed by atoms with E-state index in [1.54, 1.807) is 44.5 Å². The molecule has 8 heteroatoms. The highest BCUT2D eigenvalue weighted by Gasteiger charge is 2.17. The highest BCUT2D eigenvalue weighted by atomic mass is 16.5. The summed E-state index contributed by atoms with van der Waals surface area (Å²) in [6, 6.07) is 14.3. The lowest BCUT2D eigenvalue weighted by atomic mass is 10.1. The van der Waals surface area contributed by atoms with Crippen molar-refractivity contribution in [2.45, 2.75) is 20.5 Å². The number of hydrogen-bond acceptors (Lipinski definition) is 7. The number of nitrogens with one attached hydrogen (secondary N) is 1. The SMILES string of the molecule is COc1ccc(N=c2oc3c(C)ncc(CO)c3cc2C(=O)Nc2ccccc2C)cc1OC. The number of pyridine rings is 1. The molecule has 0 radical (unpaired) electrons. The van der Waals surface area contributed by atoms with Crippen LogP contribution in [0.25, 0.3) is 11.0 Å². The molecule has 0 fully saturated rings. The highest BCUT2D eigenvalue weighted by Crippen LogP contribution is 2.31. The first-order valence-electron chi connectivity index (χ1n) is 10.6. The quantitative estimate of drug-likeness (QED) is 0.442. The van der Waals surface area contributed by atoms with Crippen LogP contribution < -0.4 is 20.3 Å². The van der Waals surface area contributed by atoms with Crippen LogP contribution in [0.4, 0.5) is 11.4 Å². The van der Waals surface area contributed by atoms with Gasteiger partial charge in [0.1, 0.15) is 5.56 Å². The molecule has 8 nitrogen and oxygen atoms in total. The predicted molar refractivity (Wildman–Crippen MR) is 129 cm³/mol. The van der Waals surface area contributed by atoms with Crippen molar-refractivity contribution in [3.63, 3.8) is 0 Å². The van der Waals surface area contributed by atoms with Gasteiger partial charge in [-0.3, -0.25) is 9.78 Å². The molecule has 0 aliphatic rings. The third kappa shape index (κ3) is 4.49. The Morgan fingerprint density at radius 2 is 1.85 bits per heavy atom. The van der Waals surface area contributed by atoms with Gasteiger partial charge in [0.05, 0.1) is 32.2 Å². The number of ether oxygens (including phenoxy) is 2. The first kappa shape index (κ1) is 23.0. The van der Waals surface area contributed by atoms with Crippen molar-refractivity contribution in [2.75, 3.05) is 19.5 Å². The molecule has 0 aliphatic heterocycles. The van der Waals surface area contributed by atoms with E-state index in [1.807, 2.05) is 31.2 Å². The minimum Gasteiger partial charge on any atom is -0.493 e. The van der Waals surface area contributed by atoms with Crippen molar-refractivity contribution in [3.05, 3.63) is 82.7 Å². The fourth-order valence-corrected chi connectivity index (χ4v) is 3.57. The molecule has 0 atom stereocenters. The van der Waals surface area contributed by atoms with Crippen molar-refractivity contribution in [1.82, 2.24) is 4.98 Å². The number of rotatable bonds is 6. The van der Waals surface area contributed by atoms with Crippen LogP contribution in [0.15, 0.2) is 64.1 Å². The topological polar surface area (TPSA) is 106 Å². The maximum Gasteiger partial charge on any atom is 0.261 e. The Balaban J connectivity index is 1.94. The number of carbonyl (C=O) groups excluding carboxylic acids is 1. The van der Waals surface area contributed by atoms with E-state index in [0.29, 0.717) is 45.1 Å². The smallest absolute Gasteiger partial charge is 0.261 e. The first-order valence-corrected chi connectivity index (χ1v) is 10.6. The third-order valence-electron chi connectivity index (χ3n) is 5.46. The molecule has 1 amide bonds. The summed E-state index contributed by atoms with van der Waals surface area (Å²) in [5.41, 5.74) is 4.03. The van der Waals surface area contributed by atoms with Gasteiger partial charge in [-0.05, 0) is 43.7 Å². The Morgan fingerprint density at radius 3 is 2.56 bits per heavy atom. The molecular weight excluding hydrogens is 434 g/mol. The normalized spacial score (nSPS) is 11.5. The zero-order valence-corrected chi connectivity index (χ0v) is 19.4. The molecule has 0 saturated heterocycles. The Labute approximate surface area is 196 Å². The molecule has 4 rings (SSSR count). The number of anilines is 1. The van der Waals surface area contributed by atoms with Gasteiger partial charge in [0, 0.05) is 28.9 Å². The molecule has 0 spiro atoms. The summed E-state index contributed by atoms with van der Waals surface area (Å²) in [4.78, 5) is 22.3. The molecule has 2 aromatic heterocycles. The van der Waals surface area contributed by atoms with E-state index in [4.69, 9.17) is 13.9 Å². The second kappa shape index (κ2) is 9.76. The molecule has 34 heavy (non-hydrogen) atoms. The highest BCUT2D eigenvalue weighted by molar-refractivity contribution is 6.06. The van der Waals surface area contributed by atoms with E-state index in [-0.39, 0.29) is 17.7 Å². The average Bonchev–Trinajstić information content (AvgIpc) is 2.85. The van der Waals surface area contributed by atoms with Crippen molar-refractivity contribution >= 4 is 28.3 Å². The number of aliphatic hydroxyl groups is 1. The van der Waals surface area contributed by atoms with Crippen LogP contribution in [-0.4, -0.2) is 30.2 Å². The summed E-state index contributed by atoms with van der Waals surface area (Å²) >= 11 is 0. The van der Waals surface area contributed by atoms with Crippen LogP contribution in [0.2, 0.25) is 0 Å². The van der Waals surface area contributed by atoms with Crippen LogP contribution in [0.1, 0.15) is 27.2 Å². The van der Waals surface area contributed by atoms with Crippen molar-refractivity contribution < 1.29 is 23.8 Å². The van der Waals surface area contributed by atoms with Gasteiger partial charge in [0.25, 0.3) is 5.91 Å². The number of nitrogens with zero attached hydrogens (tertiary/aromatic N) is 2. The number of hydrogen-bond donors (Lipinski definition) is 2. The summed E-state index contributed by atoms with van der Waals surface area (Å²) in [7, 11) is 3.09. The van der Waals surface area contributed by atoms with Crippen LogP contribution in [0, 0.1) is 13.8 Å². The second-order valence-electron chi connectivity index (χ2n) is 7.66. The fraction of sp³-hybridized carbons (Fsp3) is 0.192. The number of aromatic nitrogens is 1. The number of para-hydroxylation sites is 1. The molecular formula is C26H25N3O5. The van der Waals surface area contributed by atoms with Gasteiger partial charge in [0.15, 0.2) is 17.1 Å². The second-order valence-corrected chi connectivity index (χ2v) is 7.66. The lowest BCUT2D eigenvalue weighted by molar-refractivity contribution is 0.102. The fourth-order valence-electron chi connectivity index (χ4n) is 3.57. The molecule has 2 N–H and O–H groups in total. The van der Waals surface area contributed by atoms with Crippen molar-refractivity contribution in [2.24, 2.45) is 4.99 Å². The number of fused-ring (bicyclic) bond motifs is 1. The van der Waals surface area contributed by atoms with Crippen molar-refractivity contribution in [3.8, 4) is 11.5 Å². The van der Waals surface area contributed by atoms with Gasteiger partial charge in [0.2, 0.25) is 5.55 Å². The zero-order valence-electron chi connectivity index (χ0n) is 19.4. The molecule has 2 aromatic carbocycles. The third-order valence-corrected chi connectivity index (χ3v) is 5.46. The van der Waals surface area contributed by atoms with Gasteiger partial charge in [-0.2, -0.15) is 0 Å². The Bertz CT molecular complexity index is 1440. The molecule has 4 aromatic rings. The number of amides is 1. The van der Waals surface area contributed by atoms with Crippen LogP contribution in [0.3, 0.4) is 0 Å². The van der Waals surface area contributed by atoms with E-state index in [2.05, 4.69) is 15.3 Å². The lowest BCUT2D eigenvalue weighted by Gasteiger charge is -2.11. The van der Waals surface area contributed by atoms with Gasteiger partial charge in [-0.15, -0.1) is 0 Å². The molecule has 2 heterocycles. The van der Waals surface area contributed by atoms with Crippen LogP contribution in [-0.2, 0) is 6.61 Å². The van der Waals surface area contributed by atoms with E-state index in [9.17, 15) is 9.90 Å². The largest absolute Gasteiger partial charge is 0.493 e. The predicted octanol–water partition coefficient (Wildman–Crippen LogP) is 4.44. The van der Waals surface area contributed by atoms with Gasteiger partial charge >= 0.3 is 0 Å². The average molecular weight is 460 g/mol. The van der Waals surface area contributed by atoms with E-state index in [1.165, 1.54) is 7.11 Å². The molecule has 174 valence electrons. The summed E-state index contributed by atoms with van der Waals surface area (Å²) < 4.78 is 16.8. The summed E-state index contributed by atoms with van der Waals surface area (Å²) in [5, 5.41) is 13.3. The lowest BCUT2D eigenvalue weighted by Crippen LogP contribution is -2.22. The Hall–Kier alpha value is -4.17. The van der Waals surface area contributed by atoms with E-state index in [0.717, 1.165) is 5.56 Å². The van der Waals surface area contributed by atoms with Crippen molar-refractivity contribution in [1.29, 1.82) is 0 Å². The maximum atomic E-state index is 13.4. The number of benzene rings is 2. The minimum atomic E-state index is -0.391. The van der Waals surface area contributed by atoms with Crippen LogP contribution >= 0.6 is 0 Å². The number of methoxy groups -OCH3 is 2. The van der Waals surface area contributed by atoms with Gasteiger partial charge in [-0.1, -0.05) is 18.2 Å². The number of aryl methyl sites for hydroxylation is 2. The monoisotopic (exact) mass is 459 g/mol. The summed E-state index contributed by atoms with van der Waals surface area (Å²) in [6.07, 6.45) is 1.57. The molecule has 0 saturated carbocycles. The zero-order chi connectivity index (χ0) is 24.2. The standard InChI is InChI=1S/C26H25N3O5/c1-15-7-5-6-8-21(15)29-25(31)20-12-19-17(14-30)13-27-16(2)24(19)34-26(20)28-18-9-10-22(32-3)23(11-18)33-4/h5-13,30H,14H2,1-4H3,(H,29,31). The molecule has 0 bridgehead atoms. The molecule has 0 aliphatic carbocycles. The van der Waals surface area contributed by atoms with Gasteiger partial charge in [-0.25, -0.2) is 4.99 Å². The number of carbonyl (C=O) groups is 1. The number of aliphatic hydroxyl groups excluding tert-OH is 1. The van der Waals surface area contributed by atoms with E-state index < -0.39 is 5.91 Å².